The van der Waals surface area contributed by atoms with Crippen molar-refractivity contribution in [3.05, 3.63) is 35.6 Å². The van der Waals surface area contributed by atoms with Crippen LogP contribution in [0, 0.1) is 0 Å². The molecule has 1 aromatic carbocycles. The fourth-order valence-corrected chi connectivity index (χ4v) is 1.83. The molecule has 0 aliphatic carbocycles. The van der Waals surface area contributed by atoms with Crippen molar-refractivity contribution < 1.29 is 19.1 Å². The lowest BCUT2D eigenvalue weighted by Crippen LogP contribution is -2.31. The molecule has 1 amide bonds. The van der Waals surface area contributed by atoms with E-state index in [0.29, 0.717) is 16.7 Å². The van der Waals surface area contributed by atoms with E-state index in [0.717, 1.165) is 0 Å². The summed E-state index contributed by atoms with van der Waals surface area (Å²) in [6, 6.07) is 6.94. The van der Waals surface area contributed by atoms with Crippen molar-refractivity contribution in [2.45, 2.75) is 6.54 Å². The van der Waals surface area contributed by atoms with Crippen LogP contribution in [0.1, 0.15) is 16.1 Å². The van der Waals surface area contributed by atoms with Crippen molar-refractivity contribution in [2.24, 2.45) is 0 Å². The number of rotatable bonds is 5. The van der Waals surface area contributed by atoms with Gasteiger partial charge in [-0.05, 0) is 6.07 Å². The number of carbonyl (C=O) groups excluding carboxylic acids is 1. The highest BCUT2D eigenvalue weighted by atomic mass is 16.4. The zero-order valence-electron chi connectivity index (χ0n) is 10.4. The number of nitrogens with one attached hydrogen (secondary N) is 2. The molecular formula is C13H14N2O4. The van der Waals surface area contributed by atoms with Crippen LogP contribution in [0.3, 0.4) is 0 Å². The SMILES string of the molecule is CNC(=O)CNCc1oc2ccccc2c1C(=O)O. The number of aromatic carboxylic acids is 1. The molecule has 0 saturated carbocycles. The number of likely N-dealkylation sites (N-methyl/N-ethyl adjacent to an activating group) is 1. The smallest absolute Gasteiger partial charge is 0.339 e. The molecule has 1 aromatic heterocycles. The van der Waals surface area contributed by atoms with Gasteiger partial charge >= 0.3 is 5.97 Å². The Morgan fingerprint density at radius 1 is 1.32 bits per heavy atom. The molecule has 6 heteroatoms. The summed E-state index contributed by atoms with van der Waals surface area (Å²) in [6.45, 7) is 0.288. The molecule has 0 unspecified atom stereocenters. The highest BCUT2D eigenvalue weighted by Crippen LogP contribution is 2.25. The van der Waals surface area contributed by atoms with Gasteiger partial charge in [0.2, 0.25) is 5.91 Å². The topological polar surface area (TPSA) is 91.6 Å². The third-order valence-electron chi connectivity index (χ3n) is 2.73. The first-order valence-electron chi connectivity index (χ1n) is 5.78. The second kappa shape index (κ2) is 5.53. The molecule has 0 bridgehead atoms. The maximum absolute atomic E-state index is 11.3. The van der Waals surface area contributed by atoms with Crippen LogP contribution < -0.4 is 10.6 Å². The monoisotopic (exact) mass is 262 g/mol. The molecule has 2 rings (SSSR count). The van der Waals surface area contributed by atoms with Crippen LogP contribution in [0.5, 0.6) is 0 Å². The molecule has 1 heterocycles. The minimum Gasteiger partial charge on any atom is -0.478 e. The Morgan fingerprint density at radius 2 is 2.05 bits per heavy atom. The Kier molecular flexibility index (Phi) is 3.82. The van der Waals surface area contributed by atoms with Crippen LogP contribution in [-0.2, 0) is 11.3 Å². The molecule has 0 atom stereocenters. The number of carbonyl (C=O) groups is 2. The fourth-order valence-electron chi connectivity index (χ4n) is 1.83. The van der Waals surface area contributed by atoms with Gasteiger partial charge in [0.15, 0.2) is 0 Å². The van der Waals surface area contributed by atoms with Crippen LogP contribution in [0.15, 0.2) is 28.7 Å². The van der Waals surface area contributed by atoms with Gasteiger partial charge in [0, 0.05) is 12.4 Å². The minimum absolute atomic E-state index is 0.104. The summed E-state index contributed by atoms with van der Waals surface area (Å²) in [5.74, 6) is -0.896. The Bertz CT molecular complexity index is 618. The molecule has 0 spiro atoms. The molecule has 0 aliphatic heterocycles. The quantitative estimate of drug-likeness (QED) is 0.746. The van der Waals surface area contributed by atoms with Gasteiger partial charge < -0.3 is 20.2 Å². The van der Waals surface area contributed by atoms with Crippen molar-refractivity contribution in [3.63, 3.8) is 0 Å². The Balaban J connectivity index is 2.24. The van der Waals surface area contributed by atoms with Gasteiger partial charge in [-0.3, -0.25) is 4.79 Å². The van der Waals surface area contributed by atoms with E-state index in [4.69, 9.17) is 4.42 Å². The first kappa shape index (κ1) is 13.1. The van der Waals surface area contributed by atoms with Crippen LogP contribution in [-0.4, -0.2) is 30.6 Å². The number of para-hydroxylation sites is 1. The summed E-state index contributed by atoms with van der Waals surface area (Å²) in [5.41, 5.74) is 0.664. The lowest BCUT2D eigenvalue weighted by molar-refractivity contribution is -0.119. The standard InChI is InChI=1S/C13H14N2O4/c1-14-11(16)7-15-6-10-12(13(17)18)8-4-2-3-5-9(8)19-10/h2-5,15H,6-7H2,1H3,(H,14,16)(H,17,18). The number of hydrogen-bond acceptors (Lipinski definition) is 4. The lowest BCUT2D eigenvalue weighted by Gasteiger charge is -2.02. The van der Waals surface area contributed by atoms with Gasteiger partial charge in [-0.25, -0.2) is 4.79 Å². The number of benzene rings is 1. The maximum Gasteiger partial charge on any atom is 0.339 e. The van der Waals surface area contributed by atoms with E-state index in [-0.39, 0.29) is 24.6 Å². The first-order valence-corrected chi connectivity index (χ1v) is 5.78. The van der Waals surface area contributed by atoms with Gasteiger partial charge in [-0.1, -0.05) is 18.2 Å². The molecule has 3 N–H and O–H groups in total. The summed E-state index contributed by atoms with van der Waals surface area (Å²) < 4.78 is 5.50. The van der Waals surface area contributed by atoms with Crippen molar-refractivity contribution >= 4 is 22.8 Å². The molecular weight excluding hydrogens is 248 g/mol. The van der Waals surface area contributed by atoms with E-state index in [9.17, 15) is 14.7 Å². The van der Waals surface area contributed by atoms with Crippen LogP contribution in [0.2, 0.25) is 0 Å². The summed E-state index contributed by atoms with van der Waals surface area (Å²) in [4.78, 5) is 22.4. The zero-order chi connectivity index (χ0) is 13.8. The molecule has 0 radical (unpaired) electrons. The lowest BCUT2D eigenvalue weighted by atomic mass is 10.1. The fraction of sp³-hybridized carbons (Fsp3) is 0.231. The summed E-state index contributed by atoms with van der Waals surface area (Å²) in [6.07, 6.45) is 0. The predicted molar refractivity (Wildman–Crippen MR) is 68.9 cm³/mol. The molecule has 0 saturated heterocycles. The summed E-state index contributed by atoms with van der Waals surface area (Å²) in [5, 5.41) is 15.1. The van der Waals surface area contributed by atoms with Gasteiger partial charge in [0.1, 0.15) is 16.9 Å². The van der Waals surface area contributed by atoms with Gasteiger partial charge in [0.25, 0.3) is 0 Å². The average molecular weight is 262 g/mol. The number of amides is 1. The maximum atomic E-state index is 11.3. The highest BCUT2D eigenvalue weighted by Gasteiger charge is 2.19. The third-order valence-corrected chi connectivity index (χ3v) is 2.73. The van der Waals surface area contributed by atoms with Crippen LogP contribution >= 0.6 is 0 Å². The van der Waals surface area contributed by atoms with Crippen molar-refractivity contribution in [1.82, 2.24) is 10.6 Å². The minimum atomic E-state index is -1.04. The molecule has 100 valence electrons. The van der Waals surface area contributed by atoms with Crippen molar-refractivity contribution in [1.29, 1.82) is 0 Å². The summed E-state index contributed by atoms with van der Waals surface area (Å²) >= 11 is 0. The van der Waals surface area contributed by atoms with Gasteiger partial charge in [-0.2, -0.15) is 0 Å². The Labute approximate surface area is 109 Å². The largest absolute Gasteiger partial charge is 0.478 e. The van der Waals surface area contributed by atoms with Crippen LogP contribution in [0.25, 0.3) is 11.0 Å². The number of fused-ring (bicyclic) bond motifs is 1. The normalized spacial score (nSPS) is 10.6. The van der Waals surface area contributed by atoms with E-state index >= 15 is 0 Å². The number of hydrogen-bond donors (Lipinski definition) is 3. The second-order valence-corrected chi connectivity index (χ2v) is 3.98. The number of furan rings is 1. The highest BCUT2D eigenvalue weighted by molar-refractivity contribution is 6.03. The third kappa shape index (κ3) is 2.74. The Hall–Kier alpha value is -2.34. The van der Waals surface area contributed by atoms with Gasteiger partial charge in [-0.15, -0.1) is 0 Å². The summed E-state index contributed by atoms with van der Waals surface area (Å²) in [7, 11) is 1.54. The zero-order valence-corrected chi connectivity index (χ0v) is 10.4. The molecule has 2 aromatic rings. The van der Waals surface area contributed by atoms with E-state index in [1.807, 2.05) is 0 Å². The molecule has 0 fully saturated rings. The van der Waals surface area contributed by atoms with E-state index in [1.165, 1.54) is 7.05 Å². The second-order valence-electron chi connectivity index (χ2n) is 3.98. The van der Waals surface area contributed by atoms with Crippen LogP contribution in [0.4, 0.5) is 0 Å². The van der Waals surface area contributed by atoms with Gasteiger partial charge in [0.05, 0.1) is 13.1 Å². The van der Waals surface area contributed by atoms with Crippen molar-refractivity contribution in [2.75, 3.05) is 13.6 Å². The number of carboxylic acids is 1. The molecule has 6 nitrogen and oxygen atoms in total. The van der Waals surface area contributed by atoms with E-state index < -0.39 is 5.97 Å². The average Bonchev–Trinajstić information content (AvgIpc) is 2.76. The molecule has 0 aliphatic rings. The van der Waals surface area contributed by atoms with E-state index in [2.05, 4.69) is 10.6 Å². The first-order chi connectivity index (χ1) is 9.13. The Morgan fingerprint density at radius 3 is 2.74 bits per heavy atom. The number of carboxylic acid groups (broad SMARTS) is 1. The predicted octanol–water partition coefficient (Wildman–Crippen LogP) is 0.967. The van der Waals surface area contributed by atoms with E-state index in [1.54, 1.807) is 24.3 Å². The van der Waals surface area contributed by atoms with Crippen molar-refractivity contribution in [3.8, 4) is 0 Å². The molecule has 19 heavy (non-hydrogen) atoms.